The first kappa shape index (κ1) is 20.8. The maximum absolute atomic E-state index is 13.3. The highest BCUT2D eigenvalue weighted by atomic mass is 35.5. The Labute approximate surface area is 181 Å². The minimum absolute atomic E-state index is 0. The molecule has 156 valence electrons. The topological polar surface area (TPSA) is 50.8 Å². The van der Waals surface area contributed by atoms with Crippen LogP contribution in [0.4, 0.5) is 0 Å². The van der Waals surface area contributed by atoms with Crippen molar-refractivity contribution in [3.63, 3.8) is 0 Å². The first-order valence-electron chi connectivity index (χ1n) is 10.2. The van der Waals surface area contributed by atoms with E-state index in [1.54, 1.807) is 11.3 Å². The SMILES string of the molecule is Cl.O=C(c1cc2c(s1)CCOC21CCNCC1)N1CCOC(c2ccccc2)C1. The van der Waals surface area contributed by atoms with E-state index in [0.29, 0.717) is 19.7 Å². The number of amides is 1. The Hall–Kier alpha value is -1.44. The predicted octanol–water partition coefficient (Wildman–Crippen LogP) is 3.54. The molecule has 2 fully saturated rings. The van der Waals surface area contributed by atoms with Gasteiger partial charge < -0.3 is 19.7 Å². The number of nitrogens with one attached hydrogen (secondary N) is 1. The number of halogens is 1. The number of ether oxygens (including phenoxy) is 2. The van der Waals surface area contributed by atoms with Gasteiger partial charge in [-0.15, -0.1) is 23.7 Å². The van der Waals surface area contributed by atoms with Gasteiger partial charge in [-0.25, -0.2) is 0 Å². The Kier molecular flexibility index (Phi) is 6.27. The third-order valence-corrected chi connectivity index (χ3v) is 7.34. The minimum atomic E-state index is -0.189. The third kappa shape index (κ3) is 3.97. The summed E-state index contributed by atoms with van der Waals surface area (Å²) >= 11 is 1.67. The molecule has 5 nitrogen and oxygen atoms in total. The van der Waals surface area contributed by atoms with Crippen molar-refractivity contribution in [3.8, 4) is 0 Å². The summed E-state index contributed by atoms with van der Waals surface area (Å²) in [6, 6.07) is 12.3. The smallest absolute Gasteiger partial charge is 0.264 e. The van der Waals surface area contributed by atoms with E-state index in [4.69, 9.17) is 9.47 Å². The van der Waals surface area contributed by atoms with Crippen LogP contribution in [0.1, 0.15) is 44.6 Å². The summed E-state index contributed by atoms with van der Waals surface area (Å²) in [5.41, 5.74) is 2.21. The molecule has 2 saturated heterocycles. The van der Waals surface area contributed by atoms with E-state index in [2.05, 4.69) is 23.5 Å². The average molecular weight is 435 g/mol. The number of benzene rings is 1. The van der Waals surface area contributed by atoms with Crippen LogP contribution in [-0.2, 0) is 21.5 Å². The molecular weight excluding hydrogens is 408 g/mol. The molecule has 7 heteroatoms. The van der Waals surface area contributed by atoms with Crippen LogP contribution in [0.2, 0.25) is 0 Å². The molecule has 3 aliphatic rings. The number of hydrogen-bond donors (Lipinski definition) is 1. The van der Waals surface area contributed by atoms with E-state index in [-0.39, 0.29) is 30.0 Å². The van der Waals surface area contributed by atoms with E-state index < -0.39 is 0 Å². The molecule has 1 atom stereocenters. The first-order chi connectivity index (χ1) is 13.8. The lowest BCUT2D eigenvalue weighted by Crippen LogP contribution is -2.44. The van der Waals surface area contributed by atoms with Crippen molar-refractivity contribution in [2.24, 2.45) is 0 Å². The lowest BCUT2D eigenvalue weighted by molar-refractivity contribution is -0.0792. The molecule has 1 unspecified atom stereocenters. The van der Waals surface area contributed by atoms with Gasteiger partial charge in [0.15, 0.2) is 0 Å². The molecule has 0 bridgehead atoms. The van der Waals surface area contributed by atoms with E-state index in [1.165, 1.54) is 10.4 Å². The number of nitrogens with zero attached hydrogens (tertiary/aromatic N) is 1. The standard InChI is InChI=1S/C22H26N2O3S.ClH/c25-21(24-11-13-26-18(15-24)16-4-2-1-3-5-16)20-14-17-19(28-20)6-12-27-22(17)7-9-23-10-8-22;/h1-5,14,18,23H,6-13,15H2;1H. The molecule has 1 amide bonds. The first-order valence-corrected chi connectivity index (χ1v) is 11.0. The fourth-order valence-electron chi connectivity index (χ4n) is 4.63. The Morgan fingerprint density at radius 1 is 1.17 bits per heavy atom. The van der Waals surface area contributed by atoms with Crippen molar-refractivity contribution in [2.45, 2.75) is 31.0 Å². The van der Waals surface area contributed by atoms with Gasteiger partial charge in [0, 0.05) is 17.8 Å². The number of carbonyl (C=O) groups excluding carboxylic acids is 1. The molecule has 0 radical (unpaired) electrons. The lowest BCUT2D eigenvalue weighted by Gasteiger charge is -2.40. The van der Waals surface area contributed by atoms with Gasteiger partial charge >= 0.3 is 0 Å². The van der Waals surface area contributed by atoms with Crippen molar-refractivity contribution in [3.05, 3.63) is 57.3 Å². The van der Waals surface area contributed by atoms with Crippen LogP contribution in [0.5, 0.6) is 0 Å². The van der Waals surface area contributed by atoms with Crippen molar-refractivity contribution >= 4 is 29.7 Å². The number of fused-ring (bicyclic) bond motifs is 2. The van der Waals surface area contributed by atoms with Crippen molar-refractivity contribution in [2.75, 3.05) is 39.4 Å². The quantitative estimate of drug-likeness (QED) is 0.785. The second kappa shape index (κ2) is 8.74. The minimum Gasteiger partial charge on any atom is -0.370 e. The van der Waals surface area contributed by atoms with Crippen LogP contribution in [0, 0.1) is 0 Å². The summed E-state index contributed by atoms with van der Waals surface area (Å²) in [6.45, 7) is 4.54. The second-order valence-electron chi connectivity index (χ2n) is 7.81. The molecular formula is C22H27ClN2O3S. The summed E-state index contributed by atoms with van der Waals surface area (Å²) in [4.78, 5) is 17.4. The highest BCUT2D eigenvalue weighted by Gasteiger charge is 2.41. The van der Waals surface area contributed by atoms with Gasteiger partial charge in [0.25, 0.3) is 5.91 Å². The largest absolute Gasteiger partial charge is 0.370 e. The van der Waals surface area contributed by atoms with Crippen molar-refractivity contribution < 1.29 is 14.3 Å². The van der Waals surface area contributed by atoms with Gasteiger partial charge in [-0.1, -0.05) is 30.3 Å². The molecule has 1 aromatic carbocycles. The summed E-state index contributed by atoms with van der Waals surface area (Å²) in [5.74, 6) is 0.132. The van der Waals surface area contributed by atoms with Crippen LogP contribution < -0.4 is 5.32 Å². The maximum Gasteiger partial charge on any atom is 0.264 e. The number of thiophene rings is 1. The highest BCUT2D eigenvalue weighted by molar-refractivity contribution is 7.14. The van der Waals surface area contributed by atoms with Gasteiger partial charge in [-0.3, -0.25) is 4.79 Å². The molecule has 1 N–H and O–H groups in total. The highest BCUT2D eigenvalue weighted by Crippen LogP contribution is 2.43. The molecule has 0 aliphatic carbocycles. The number of morpholine rings is 1. The summed E-state index contributed by atoms with van der Waals surface area (Å²) in [6.07, 6.45) is 2.83. The van der Waals surface area contributed by atoms with Gasteiger partial charge in [0.1, 0.15) is 6.10 Å². The predicted molar refractivity (Wildman–Crippen MR) is 116 cm³/mol. The number of rotatable bonds is 2. The zero-order valence-electron chi connectivity index (χ0n) is 16.4. The normalized spacial score (nSPS) is 23.3. The summed E-state index contributed by atoms with van der Waals surface area (Å²) < 4.78 is 12.2. The van der Waals surface area contributed by atoms with Crippen LogP contribution >= 0.6 is 23.7 Å². The van der Waals surface area contributed by atoms with E-state index >= 15 is 0 Å². The fraction of sp³-hybridized carbons (Fsp3) is 0.500. The number of piperidine rings is 1. The van der Waals surface area contributed by atoms with Gasteiger partial charge in [-0.05, 0) is 43.1 Å². The third-order valence-electron chi connectivity index (χ3n) is 6.15. The van der Waals surface area contributed by atoms with Crippen molar-refractivity contribution in [1.29, 1.82) is 0 Å². The van der Waals surface area contributed by atoms with Crippen LogP contribution in [0.3, 0.4) is 0 Å². The van der Waals surface area contributed by atoms with Gasteiger partial charge in [-0.2, -0.15) is 0 Å². The van der Waals surface area contributed by atoms with E-state index in [9.17, 15) is 4.79 Å². The lowest BCUT2D eigenvalue weighted by atomic mass is 9.83. The molecule has 1 aromatic heterocycles. The zero-order valence-corrected chi connectivity index (χ0v) is 18.0. The molecule has 2 aromatic rings. The molecule has 29 heavy (non-hydrogen) atoms. The molecule has 3 aliphatic heterocycles. The van der Waals surface area contributed by atoms with Crippen LogP contribution in [0.15, 0.2) is 36.4 Å². The van der Waals surface area contributed by atoms with E-state index in [1.807, 2.05) is 23.1 Å². The fourth-order valence-corrected chi connectivity index (χ4v) is 5.82. The summed E-state index contributed by atoms with van der Waals surface area (Å²) in [7, 11) is 0. The Balaban J connectivity index is 0.00000205. The number of hydrogen-bond acceptors (Lipinski definition) is 5. The van der Waals surface area contributed by atoms with Crippen LogP contribution in [-0.4, -0.2) is 50.2 Å². The summed E-state index contributed by atoms with van der Waals surface area (Å²) in [5, 5.41) is 3.42. The monoisotopic (exact) mass is 434 g/mol. The Morgan fingerprint density at radius 3 is 2.76 bits per heavy atom. The second-order valence-corrected chi connectivity index (χ2v) is 8.95. The zero-order chi connectivity index (χ0) is 19.0. The van der Waals surface area contributed by atoms with Crippen LogP contribution in [0.25, 0.3) is 0 Å². The molecule has 0 saturated carbocycles. The van der Waals surface area contributed by atoms with Crippen molar-refractivity contribution in [1.82, 2.24) is 10.2 Å². The Morgan fingerprint density at radius 2 is 1.97 bits per heavy atom. The Bertz CT molecular complexity index is 851. The van der Waals surface area contributed by atoms with Gasteiger partial charge in [0.2, 0.25) is 0 Å². The molecule has 4 heterocycles. The van der Waals surface area contributed by atoms with E-state index in [0.717, 1.165) is 49.4 Å². The molecule has 1 spiro atoms. The van der Waals surface area contributed by atoms with Gasteiger partial charge in [0.05, 0.1) is 30.2 Å². The molecule has 5 rings (SSSR count). The maximum atomic E-state index is 13.3. The average Bonchev–Trinajstić information content (AvgIpc) is 3.21. The number of carbonyl (C=O) groups is 1.